The number of carbonyl (C=O) groups excluding carboxylic acids is 1. The van der Waals surface area contributed by atoms with Gasteiger partial charge >= 0.3 is 12.1 Å². The summed E-state index contributed by atoms with van der Waals surface area (Å²) in [5.74, 6) is 0.287. The first kappa shape index (κ1) is 15.9. The molecule has 118 valence electrons. The minimum Gasteiger partial charge on any atom is -0.456 e. The number of piperidine rings is 1. The molecule has 0 saturated carbocycles. The summed E-state index contributed by atoms with van der Waals surface area (Å²) in [5.41, 5.74) is 0. The Balaban J connectivity index is 1.79. The van der Waals surface area contributed by atoms with Crippen molar-refractivity contribution in [1.29, 1.82) is 0 Å². The number of nitrogens with zero attached hydrogens (tertiary/aromatic N) is 1. The Bertz CT molecular complexity index is 476. The fraction of sp³-hybridized carbons (Fsp3) is 0.643. The lowest BCUT2D eigenvalue weighted by Crippen LogP contribution is -2.42. The standard InChI is InChI=1S/C14H18F3NO3/c1-2-10-3-4-12(20-10)13(19)21-11-5-7-18(8-6-11)9-14(15,16)17/h3-4,11H,2,5-9H2,1H3. The van der Waals surface area contributed by atoms with Crippen molar-refractivity contribution in [3.05, 3.63) is 23.7 Å². The highest BCUT2D eigenvalue weighted by molar-refractivity contribution is 5.86. The van der Waals surface area contributed by atoms with Crippen LogP contribution in [0, 0.1) is 0 Å². The first-order valence-corrected chi connectivity index (χ1v) is 6.96. The molecule has 0 unspecified atom stereocenters. The minimum absolute atomic E-state index is 0.143. The van der Waals surface area contributed by atoms with Crippen molar-refractivity contribution >= 4 is 5.97 Å². The molecule has 7 heteroatoms. The summed E-state index contributed by atoms with van der Waals surface area (Å²) < 4.78 is 47.4. The van der Waals surface area contributed by atoms with Crippen LogP contribution in [-0.4, -0.2) is 42.8 Å². The first-order chi connectivity index (χ1) is 9.87. The molecule has 0 aliphatic carbocycles. The summed E-state index contributed by atoms with van der Waals surface area (Å²) in [7, 11) is 0. The van der Waals surface area contributed by atoms with Crippen LogP contribution in [0.15, 0.2) is 16.5 Å². The molecule has 1 aromatic rings. The molecule has 0 spiro atoms. The normalized spacial score (nSPS) is 17.9. The summed E-state index contributed by atoms with van der Waals surface area (Å²) in [6.45, 7) is 1.54. The quantitative estimate of drug-likeness (QED) is 0.802. The SMILES string of the molecule is CCc1ccc(C(=O)OC2CCN(CC(F)(F)F)CC2)o1. The molecule has 1 aliphatic heterocycles. The van der Waals surface area contributed by atoms with Gasteiger partial charge in [0.1, 0.15) is 11.9 Å². The number of furan rings is 1. The zero-order chi connectivity index (χ0) is 15.5. The summed E-state index contributed by atoms with van der Waals surface area (Å²) >= 11 is 0. The van der Waals surface area contributed by atoms with Gasteiger partial charge in [0, 0.05) is 19.5 Å². The zero-order valence-corrected chi connectivity index (χ0v) is 11.8. The molecule has 0 N–H and O–H groups in total. The lowest BCUT2D eigenvalue weighted by Gasteiger charge is -2.31. The van der Waals surface area contributed by atoms with Crippen LogP contribution in [0.2, 0.25) is 0 Å². The zero-order valence-electron chi connectivity index (χ0n) is 11.8. The predicted molar refractivity (Wildman–Crippen MR) is 69.0 cm³/mol. The van der Waals surface area contributed by atoms with Gasteiger partial charge in [-0.1, -0.05) is 6.92 Å². The number of halogens is 3. The van der Waals surface area contributed by atoms with E-state index < -0.39 is 18.7 Å². The third-order valence-corrected chi connectivity index (χ3v) is 3.42. The van der Waals surface area contributed by atoms with Gasteiger partial charge in [-0.25, -0.2) is 4.79 Å². The second-order valence-corrected chi connectivity index (χ2v) is 5.12. The Hall–Kier alpha value is -1.50. The number of rotatable bonds is 4. The van der Waals surface area contributed by atoms with Crippen molar-refractivity contribution in [2.45, 2.75) is 38.5 Å². The van der Waals surface area contributed by atoms with E-state index in [0.717, 1.165) is 0 Å². The van der Waals surface area contributed by atoms with E-state index in [-0.39, 0.29) is 25.0 Å². The second kappa shape index (κ2) is 6.51. The number of alkyl halides is 3. The van der Waals surface area contributed by atoms with Gasteiger partial charge in [0.15, 0.2) is 0 Å². The number of hydrogen-bond donors (Lipinski definition) is 0. The Labute approximate surface area is 120 Å². The molecule has 0 amide bonds. The molecular weight excluding hydrogens is 287 g/mol. The molecule has 1 aromatic heterocycles. The predicted octanol–water partition coefficient (Wildman–Crippen LogP) is 3.03. The van der Waals surface area contributed by atoms with E-state index in [1.165, 1.54) is 4.90 Å². The maximum absolute atomic E-state index is 12.3. The van der Waals surface area contributed by atoms with E-state index in [1.807, 2.05) is 6.92 Å². The van der Waals surface area contributed by atoms with Crippen molar-refractivity contribution in [3.63, 3.8) is 0 Å². The van der Waals surface area contributed by atoms with Gasteiger partial charge in [-0.15, -0.1) is 0 Å². The van der Waals surface area contributed by atoms with Gasteiger partial charge in [-0.3, -0.25) is 4.90 Å². The van der Waals surface area contributed by atoms with E-state index in [0.29, 0.717) is 25.0 Å². The summed E-state index contributed by atoms with van der Waals surface area (Å²) in [6, 6.07) is 3.27. The Kier molecular flexibility index (Phi) is 4.92. The van der Waals surface area contributed by atoms with Crippen molar-refractivity contribution < 1.29 is 27.1 Å². The molecule has 1 saturated heterocycles. The fourth-order valence-corrected chi connectivity index (χ4v) is 2.33. The molecule has 2 rings (SSSR count). The number of carbonyl (C=O) groups is 1. The fourth-order valence-electron chi connectivity index (χ4n) is 2.33. The van der Waals surface area contributed by atoms with Gasteiger partial charge in [-0.05, 0) is 25.0 Å². The molecule has 2 heterocycles. The topological polar surface area (TPSA) is 42.7 Å². The van der Waals surface area contributed by atoms with E-state index in [4.69, 9.17) is 9.15 Å². The molecule has 0 atom stereocenters. The molecule has 0 bridgehead atoms. The molecule has 0 aromatic carbocycles. The van der Waals surface area contributed by atoms with Crippen LogP contribution < -0.4 is 0 Å². The van der Waals surface area contributed by atoms with Gasteiger partial charge in [0.25, 0.3) is 0 Å². The lowest BCUT2D eigenvalue weighted by atomic mass is 10.1. The maximum atomic E-state index is 12.3. The van der Waals surface area contributed by atoms with Crippen molar-refractivity contribution in [1.82, 2.24) is 4.90 Å². The third kappa shape index (κ3) is 4.77. The van der Waals surface area contributed by atoms with E-state index in [9.17, 15) is 18.0 Å². The molecule has 21 heavy (non-hydrogen) atoms. The van der Waals surface area contributed by atoms with Crippen LogP contribution in [0.5, 0.6) is 0 Å². The van der Waals surface area contributed by atoms with Gasteiger partial charge in [0.2, 0.25) is 5.76 Å². The highest BCUT2D eigenvalue weighted by Gasteiger charge is 2.33. The van der Waals surface area contributed by atoms with Crippen LogP contribution in [-0.2, 0) is 11.2 Å². The highest BCUT2D eigenvalue weighted by Crippen LogP contribution is 2.21. The number of aryl methyl sites for hydroxylation is 1. The Morgan fingerprint density at radius 1 is 1.38 bits per heavy atom. The van der Waals surface area contributed by atoms with Crippen molar-refractivity contribution in [2.75, 3.05) is 19.6 Å². The Morgan fingerprint density at radius 3 is 2.57 bits per heavy atom. The smallest absolute Gasteiger partial charge is 0.401 e. The average molecular weight is 305 g/mol. The van der Waals surface area contributed by atoms with Gasteiger partial charge in [0.05, 0.1) is 6.54 Å². The van der Waals surface area contributed by atoms with Crippen LogP contribution >= 0.6 is 0 Å². The molecule has 1 aliphatic rings. The molecule has 0 radical (unpaired) electrons. The summed E-state index contributed by atoms with van der Waals surface area (Å²) in [5, 5.41) is 0. The Morgan fingerprint density at radius 2 is 2.05 bits per heavy atom. The third-order valence-electron chi connectivity index (χ3n) is 3.42. The maximum Gasteiger partial charge on any atom is 0.401 e. The number of ether oxygens (including phenoxy) is 1. The highest BCUT2D eigenvalue weighted by atomic mass is 19.4. The molecular formula is C14H18F3NO3. The molecule has 4 nitrogen and oxygen atoms in total. The second-order valence-electron chi connectivity index (χ2n) is 5.12. The van der Waals surface area contributed by atoms with Gasteiger partial charge < -0.3 is 9.15 Å². The van der Waals surface area contributed by atoms with Crippen molar-refractivity contribution in [3.8, 4) is 0 Å². The van der Waals surface area contributed by atoms with Gasteiger partial charge in [-0.2, -0.15) is 13.2 Å². The summed E-state index contributed by atoms with van der Waals surface area (Å²) in [4.78, 5) is 13.2. The minimum atomic E-state index is -4.19. The number of hydrogen-bond acceptors (Lipinski definition) is 4. The van der Waals surface area contributed by atoms with Crippen LogP contribution in [0.1, 0.15) is 36.1 Å². The van der Waals surface area contributed by atoms with Crippen LogP contribution in [0.3, 0.4) is 0 Å². The number of esters is 1. The average Bonchev–Trinajstić information content (AvgIpc) is 2.88. The van der Waals surface area contributed by atoms with E-state index in [1.54, 1.807) is 12.1 Å². The van der Waals surface area contributed by atoms with Crippen LogP contribution in [0.4, 0.5) is 13.2 Å². The van der Waals surface area contributed by atoms with Crippen LogP contribution in [0.25, 0.3) is 0 Å². The van der Waals surface area contributed by atoms with E-state index >= 15 is 0 Å². The first-order valence-electron chi connectivity index (χ1n) is 6.96. The van der Waals surface area contributed by atoms with Crippen molar-refractivity contribution in [2.24, 2.45) is 0 Å². The summed E-state index contributed by atoms with van der Waals surface area (Å²) in [6.07, 6.45) is -3.04. The van der Waals surface area contributed by atoms with E-state index in [2.05, 4.69) is 0 Å². The largest absolute Gasteiger partial charge is 0.456 e. The molecule has 1 fully saturated rings. The monoisotopic (exact) mass is 305 g/mol. The number of likely N-dealkylation sites (tertiary alicyclic amines) is 1. The lowest BCUT2D eigenvalue weighted by molar-refractivity contribution is -0.150.